The Labute approximate surface area is 121 Å². The highest BCUT2D eigenvalue weighted by Gasteiger charge is 2.11. The number of nitrogens with zero attached hydrogens (tertiary/aromatic N) is 1. The van der Waals surface area contributed by atoms with Crippen LogP contribution in [0.3, 0.4) is 0 Å². The van der Waals surface area contributed by atoms with E-state index in [0.717, 1.165) is 32.4 Å². The largest absolute Gasteiger partial charge is 0.351 e. The molecule has 2 heterocycles. The first-order valence-corrected chi connectivity index (χ1v) is 7.58. The van der Waals surface area contributed by atoms with Gasteiger partial charge in [-0.2, -0.15) is 0 Å². The summed E-state index contributed by atoms with van der Waals surface area (Å²) in [4.78, 5) is 18.3. The maximum atomic E-state index is 12.0. The van der Waals surface area contributed by atoms with E-state index in [2.05, 4.69) is 35.4 Å². The summed E-state index contributed by atoms with van der Waals surface area (Å²) in [5.74, 6) is -0.00455. The third-order valence-electron chi connectivity index (χ3n) is 3.22. The number of rotatable bonds is 3. The van der Waals surface area contributed by atoms with Crippen molar-refractivity contribution in [2.45, 2.75) is 20.3 Å². The van der Waals surface area contributed by atoms with E-state index in [1.807, 2.05) is 19.1 Å². The quantitative estimate of drug-likeness (QED) is 0.792. The molecule has 0 fully saturated rings. The number of carbonyl (C=O) groups excluding carboxylic acids is 1. The van der Waals surface area contributed by atoms with Gasteiger partial charge in [-0.25, -0.2) is 4.98 Å². The van der Waals surface area contributed by atoms with Crippen molar-refractivity contribution in [3.8, 4) is 0 Å². The van der Waals surface area contributed by atoms with Gasteiger partial charge in [-0.05, 0) is 37.6 Å². The van der Waals surface area contributed by atoms with Crippen molar-refractivity contribution in [3.05, 3.63) is 40.8 Å². The summed E-state index contributed by atoms with van der Waals surface area (Å²) in [5, 5.41) is 5.06. The SMILES string of the molecule is CCCNC(=O)c1cc2cc3cc(C)ccc3nc2s1. The molecule has 3 rings (SSSR count). The Morgan fingerprint density at radius 3 is 2.90 bits per heavy atom. The van der Waals surface area contributed by atoms with E-state index in [-0.39, 0.29) is 5.91 Å². The Hall–Kier alpha value is -1.94. The Morgan fingerprint density at radius 2 is 2.10 bits per heavy atom. The molecule has 0 saturated carbocycles. The van der Waals surface area contributed by atoms with E-state index in [9.17, 15) is 4.79 Å². The number of hydrogen-bond donors (Lipinski definition) is 1. The second-order valence-corrected chi connectivity index (χ2v) is 5.98. The van der Waals surface area contributed by atoms with Gasteiger partial charge in [0.2, 0.25) is 0 Å². The van der Waals surface area contributed by atoms with Gasteiger partial charge in [0.15, 0.2) is 0 Å². The van der Waals surface area contributed by atoms with Crippen molar-refractivity contribution in [2.75, 3.05) is 6.54 Å². The van der Waals surface area contributed by atoms with Crippen LogP contribution in [-0.4, -0.2) is 17.4 Å². The summed E-state index contributed by atoms with van der Waals surface area (Å²) < 4.78 is 0. The minimum absolute atomic E-state index is 0.00455. The van der Waals surface area contributed by atoms with Crippen molar-refractivity contribution in [2.24, 2.45) is 0 Å². The summed E-state index contributed by atoms with van der Waals surface area (Å²) in [6, 6.07) is 10.2. The van der Waals surface area contributed by atoms with E-state index in [1.54, 1.807) is 0 Å². The first-order chi connectivity index (χ1) is 9.67. The summed E-state index contributed by atoms with van der Waals surface area (Å²) in [7, 11) is 0. The molecule has 0 aliphatic carbocycles. The summed E-state index contributed by atoms with van der Waals surface area (Å²) in [6.45, 7) is 4.82. The van der Waals surface area contributed by atoms with Crippen LogP contribution in [0.15, 0.2) is 30.3 Å². The molecule has 0 spiro atoms. The average molecular weight is 284 g/mol. The Morgan fingerprint density at radius 1 is 1.25 bits per heavy atom. The summed E-state index contributed by atoms with van der Waals surface area (Å²) in [5.41, 5.74) is 2.19. The van der Waals surface area contributed by atoms with Crippen LogP contribution >= 0.6 is 11.3 Å². The van der Waals surface area contributed by atoms with E-state index in [0.29, 0.717) is 6.54 Å². The second-order valence-electron chi connectivity index (χ2n) is 4.95. The standard InChI is InChI=1S/C16H16N2OS/c1-3-6-17-15(19)14-9-12-8-11-7-10(2)4-5-13(11)18-16(12)20-14/h4-5,7-9H,3,6H2,1-2H3,(H,17,19). The first kappa shape index (κ1) is 13.1. The molecule has 102 valence electrons. The number of fused-ring (bicyclic) bond motifs is 2. The number of benzene rings is 1. The van der Waals surface area contributed by atoms with Crippen LogP contribution in [0, 0.1) is 6.92 Å². The van der Waals surface area contributed by atoms with Gasteiger partial charge in [0.25, 0.3) is 5.91 Å². The maximum Gasteiger partial charge on any atom is 0.261 e. The zero-order chi connectivity index (χ0) is 14.1. The van der Waals surface area contributed by atoms with E-state index in [4.69, 9.17) is 0 Å². The van der Waals surface area contributed by atoms with Gasteiger partial charge in [0.05, 0.1) is 10.4 Å². The predicted molar refractivity (Wildman–Crippen MR) is 84.5 cm³/mol. The minimum Gasteiger partial charge on any atom is -0.351 e. The third-order valence-corrected chi connectivity index (χ3v) is 4.26. The lowest BCUT2D eigenvalue weighted by Crippen LogP contribution is -2.22. The number of aryl methyl sites for hydroxylation is 1. The second kappa shape index (κ2) is 5.21. The molecule has 1 aromatic carbocycles. The molecule has 3 aromatic rings. The highest BCUT2D eigenvalue weighted by atomic mass is 32.1. The van der Waals surface area contributed by atoms with Crippen molar-refractivity contribution < 1.29 is 4.79 Å². The number of pyridine rings is 1. The summed E-state index contributed by atoms with van der Waals surface area (Å²) in [6.07, 6.45) is 0.943. The van der Waals surface area contributed by atoms with Crippen molar-refractivity contribution in [3.63, 3.8) is 0 Å². The van der Waals surface area contributed by atoms with E-state index < -0.39 is 0 Å². The molecular formula is C16H16N2OS. The molecule has 0 unspecified atom stereocenters. The van der Waals surface area contributed by atoms with Crippen LogP contribution < -0.4 is 5.32 Å². The van der Waals surface area contributed by atoms with Gasteiger partial charge >= 0.3 is 0 Å². The van der Waals surface area contributed by atoms with Gasteiger partial charge < -0.3 is 5.32 Å². The van der Waals surface area contributed by atoms with Gasteiger partial charge in [-0.15, -0.1) is 11.3 Å². The molecule has 0 aliphatic rings. The lowest BCUT2D eigenvalue weighted by Gasteiger charge is -1.98. The van der Waals surface area contributed by atoms with Crippen molar-refractivity contribution in [1.82, 2.24) is 10.3 Å². The molecule has 0 bridgehead atoms. The van der Waals surface area contributed by atoms with Crippen molar-refractivity contribution in [1.29, 1.82) is 0 Å². The van der Waals surface area contributed by atoms with Gasteiger partial charge in [0.1, 0.15) is 4.83 Å². The zero-order valence-corrected chi connectivity index (χ0v) is 12.4. The fourth-order valence-electron chi connectivity index (χ4n) is 2.19. The molecule has 20 heavy (non-hydrogen) atoms. The van der Waals surface area contributed by atoms with Crippen LogP contribution in [0.2, 0.25) is 0 Å². The van der Waals surface area contributed by atoms with E-state index in [1.165, 1.54) is 16.9 Å². The van der Waals surface area contributed by atoms with Gasteiger partial charge in [0, 0.05) is 17.3 Å². The van der Waals surface area contributed by atoms with Crippen LogP contribution in [-0.2, 0) is 0 Å². The summed E-state index contributed by atoms with van der Waals surface area (Å²) >= 11 is 1.45. The lowest BCUT2D eigenvalue weighted by atomic mass is 10.1. The molecule has 2 aromatic heterocycles. The topological polar surface area (TPSA) is 42.0 Å². The molecule has 0 radical (unpaired) electrons. The van der Waals surface area contributed by atoms with E-state index >= 15 is 0 Å². The molecule has 0 atom stereocenters. The fraction of sp³-hybridized carbons (Fsp3) is 0.250. The van der Waals surface area contributed by atoms with Crippen LogP contribution in [0.25, 0.3) is 21.1 Å². The highest BCUT2D eigenvalue weighted by Crippen LogP contribution is 2.27. The molecule has 0 saturated heterocycles. The zero-order valence-electron chi connectivity index (χ0n) is 11.6. The maximum absolute atomic E-state index is 12.0. The number of thiophene rings is 1. The van der Waals surface area contributed by atoms with Crippen LogP contribution in [0.4, 0.5) is 0 Å². The van der Waals surface area contributed by atoms with Crippen molar-refractivity contribution >= 4 is 38.4 Å². The molecule has 4 heteroatoms. The van der Waals surface area contributed by atoms with Crippen LogP contribution in [0.5, 0.6) is 0 Å². The molecule has 0 aliphatic heterocycles. The Balaban J connectivity index is 2.06. The number of amides is 1. The average Bonchev–Trinajstić information content (AvgIpc) is 2.85. The molecular weight excluding hydrogens is 268 g/mol. The van der Waals surface area contributed by atoms with Crippen LogP contribution in [0.1, 0.15) is 28.6 Å². The minimum atomic E-state index is -0.00455. The first-order valence-electron chi connectivity index (χ1n) is 6.76. The number of aromatic nitrogens is 1. The third kappa shape index (κ3) is 2.39. The monoisotopic (exact) mass is 284 g/mol. The van der Waals surface area contributed by atoms with Gasteiger partial charge in [-0.3, -0.25) is 4.79 Å². The number of nitrogens with one attached hydrogen (secondary N) is 1. The smallest absolute Gasteiger partial charge is 0.261 e. The molecule has 1 N–H and O–H groups in total. The molecule has 1 amide bonds. The fourth-order valence-corrected chi connectivity index (χ4v) is 3.13. The Bertz CT molecular complexity index is 792. The van der Waals surface area contributed by atoms with Gasteiger partial charge in [-0.1, -0.05) is 18.6 Å². The lowest BCUT2D eigenvalue weighted by molar-refractivity contribution is 0.0958. The highest BCUT2D eigenvalue weighted by molar-refractivity contribution is 7.20. The number of carbonyl (C=O) groups is 1. The number of hydrogen-bond acceptors (Lipinski definition) is 3. The molecule has 3 nitrogen and oxygen atoms in total. The predicted octanol–water partition coefficient (Wildman–Crippen LogP) is 3.90. The normalized spacial score (nSPS) is 11.1. The Kier molecular flexibility index (Phi) is 3.40.